The molecular weight excluding hydrogens is 292 g/mol. The molecule has 1 aliphatic heterocycles. The van der Waals surface area contributed by atoms with Crippen molar-refractivity contribution in [3.63, 3.8) is 0 Å². The van der Waals surface area contributed by atoms with Crippen molar-refractivity contribution in [1.29, 1.82) is 0 Å². The number of carbonyl (C=O) groups excluding carboxylic acids is 1. The second-order valence-corrected chi connectivity index (χ2v) is 8.84. The minimum absolute atomic E-state index is 0.0858. The first-order chi connectivity index (χ1) is 10.5. The molecule has 136 valence electrons. The third-order valence-corrected chi connectivity index (χ3v) is 4.40. The second kappa shape index (κ2) is 8.34. The normalized spacial score (nSPS) is 24.1. The maximum absolute atomic E-state index is 12.0. The van der Waals surface area contributed by atoms with Crippen molar-refractivity contribution in [2.24, 2.45) is 16.7 Å². The summed E-state index contributed by atoms with van der Waals surface area (Å²) in [6, 6.07) is -0.137. The standard InChI is InChI=1S/C18H36N2O3/c1-13(21)10-18(5,6)12-20-16(22)19-11-14-8-7-9-23-15(14)17(2,3)4/h13-15,21H,7-12H2,1-6H3,(H2,19,20,22)/t13-,14-,15-/m0/s1. The quantitative estimate of drug-likeness (QED) is 0.702. The van der Waals surface area contributed by atoms with Gasteiger partial charge in [-0.1, -0.05) is 34.6 Å². The van der Waals surface area contributed by atoms with Crippen molar-refractivity contribution in [2.75, 3.05) is 19.7 Å². The molecule has 5 heteroatoms. The van der Waals surface area contributed by atoms with Gasteiger partial charge in [0.05, 0.1) is 12.2 Å². The van der Waals surface area contributed by atoms with E-state index in [0.717, 1.165) is 19.4 Å². The van der Waals surface area contributed by atoms with Crippen molar-refractivity contribution in [1.82, 2.24) is 10.6 Å². The van der Waals surface area contributed by atoms with E-state index in [1.54, 1.807) is 6.92 Å². The van der Waals surface area contributed by atoms with E-state index in [1.165, 1.54) is 0 Å². The fourth-order valence-corrected chi connectivity index (χ4v) is 3.49. The van der Waals surface area contributed by atoms with Gasteiger partial charge in [-0.05, 0) is 37.0 Å². The highest BCUT2D eigenvalue weighted by molar-refractivity contribution is 5.73. The van der Waals surface area contributed by atoms with Crippen molar-refractivity contribution >= 4 is 6.03 Å². The van der Waals surface area contributed by atoms with E-state index >= 15 is 0 Å². The van der Waals surface area contributed by atoms with Crippen molar-refractivity contribution < 1.29 is 14.6 Å². The molecule has 0 aromatic carbocycles. The Kier molecular flexibility index (Phi) is 7.33. The monoisotopic (exact) mass is 328 g/mol. The number of nitrogens with one attached hydrogen (secondary N) is 2. The molecule has 3 atom stereocenters. The molecule has 3 N–H and O–H groups in total. The van der Waals surface area contributed by atoms with Crippen LogP contribution in [0.4, 0.5) is 4.79 Å². The fourth-order valence-electron chi connectivity index (χ4n) is 3.49. The molecule has 0 spiro atoms. The van der Waals surface area contributed by atoms with Gasteiger partial charge in [0.2, 0.25) is 0 Å². The SMILES string of the molecule is C[C@H](O)CC(C)(C)CNC(=O)NC[C@@H]1CCCO[C@@H]1C(C)(C)C. The van der Waals surface area contributed by atoms with Crippen LogP contribution in [0.2, 0.25) is 0 Å². The largest absolute Gasteiger partial charge is 0.393 e. The molecule has 2 amide bonds. The molecule has 0 aromatic heterocycles. The van der Waals surface area contributed by atoms with Gasteiger partial charge in [-0.15, -0.1) is 0 Å². The van der Waals surface area contributed by atoms with Crippen LogP contribution in [0.25, 0.3) is 0 Å². The number of ether oxygens (including phenoxy) is 1. The third-order valence-electron chi connectivity index (χ3n) is 4.40. The van der Waals surface area contributed by atoms with Gasteiger partial charge in [0.15, 0.2) is 0 Å². The summed E-state index contributed by atoms with van der Waals surface area (Å²) in [5.74, 6) is 0.361. The lowest BCUT2D eigenvalue weighted by Crippen LogP contribution is -2.48. The Labute approximate surface area is 141 Å². The van der Waals surface area contributed by atoms with Crippen LogP contribution in [0.3, 0.4) is 0 Å². The summed E-state index contributed by atoms with van der Waals surface area (Å²) in [6.07, 6.45) is 2.64. The first kappa shape index (κ1) is 20.2. The predicted molar refractivity (Wildman–Crippen MR) is 93.4 cm³/mol. The molecule has 1 rings (SSSR count). The average molecular weight is 328 g/mol. The number of aliphatic hydroxyl groups excluding tert-OH is 1. The first-order valence-corrected chi connectivity index (χ1v) is 8.83. The zero-order valence-corrected chi connectivity index (χ0v) is 15.7. The van der Waals surface area contributed by atoms with Gasteiger partial charge >= 0.3 is 6.03 Å². The van der Waals surface area contributed by atoms with Crippen molar-refractivity contribution in [2.45, 2.75) is 73.0 Å². The van der Waals surface area contributed by atoms with Crippen LogP contribution in [0.5, 0.6) is 0 Å². The van der Waals surface area contributed by atoms with E-state index in [-0.39, 0.29) is 29.1 Å². The highest BCUT2D eigenvalue weighted by atomic mass is 16.5. The molecule has 5 nitrogen and oxygen atoms in total. The fraction of sp³-hybridized carbons (Fsp3) is 0.944. The Morgan fingerprint density at radius 1 is 1.26 bits per heavy atom. The molecule has 1 fully saturated rings. The summed E-state index contributed by atoms with van der Waals surface area (Å²) in [7, 11) is 0. The molecular formula is C18H36N2O3. The third kappa shape index (κ3) is 7.53. The molecule has 0 radical (unpaired) electrons. The molecule has 1 aliphatic rings. The van der Waals surface area contributed by atoms with Gasteiger partial charge in [-0.2, -0.15) is 0 Å². The molecule has 0 bridgehead atoms. The van der Waals surface area contributed by atoms with Gasteiger partial charge in [0, 0.05) is 25.6 Å². The number of hydrogen-bond acceptors (Lipinski definition) is 3. The summed E-state index contributed by atoms with van der Waals surface area (Å²) in [5.41, 5.74) is -0.0318. The van der Waals surface area contributed by atoms with Crippen LogP contribution in [0.15, 0.2) is 0 Å². The van der Waals surface area contributed by atoms with Gasteiger partial charge in [0.25, 0.3) is 0 Å². The summed E-state index contributed by atoms with van der Waals surface area (Å²) in [4.78, 5) is 12.0. The Morgan fingerprint density at radius 2 is 1.91 bits per heavy atom. The topological polar surface area (TPSA) is 70.6 Å². The highest BCUT2D eigenvalue weighted by Gasteiger charge is 2.35. The summed E-state index contributed by atoms with van der Waals surface area (Å²) < 4.78 is 5.95. The maximum atomic E-state index is 12.0. The maximum Gasteiger partial charge on any atom is 0.314 e. The number of urea groups is 1. The molecule has 0 aromatic rings. The highest BCUT2D eigenvalue weighted by Crippen LogP contribution is 2.33. The van der Waals surface area contributed by atoms with Gasteiger partial charge in [-0.3, -0.25) is 0 Å². The number of amides is 2. The molecule has 0 saturated carbocycles. The minimum Gasteiger partial charge on any atom is -0.393 e. The molecule has 0 unspecified atom stereocenters. The van der Waals surface area contributed by atoms with E-state index < -0.39 is 0 Å². The van der Waals surface area contributed by atoms with Crippen LogP contribution in [0.1, 0.15) is 60.8 Å². The number of rotatable bonds is 6. The molecule has 23 heavy (non-hydrogen) atoms. The van der Waals surface area contributed by atoms with E-state index in [2.05, 4.69) is 31.4 Å². The lowest BCUT2D eigenvalue weighted by molar-refractivity contribution is -0.0838. The lowest BCUT2D eigenvalue weighted by Gasteiger charge is -2.40. The van der Waals surface area contributed by atoms with Crippen LogP contribution >= 0.6 is 0 Å². The van der Waals surface area contributed by atoms with E-state index in [0.29, 0.717) is 25.4 Å². The zero-order chi connectivity index (χ0) is 17.7. The first-order valence-electron chi connectivity index (χ1n) is 8.83. The van der Waals surface area contributed by atoms with Crippen molar-refractivity contribution in [3.05, 3.63) is 0 Å². The number of hydrogen-bond donors (Lipinski definition) is 3. The Bertz CT molecular complexity index is 375. The Morgan fingerprint density at radius 3 is 2.48 bits per heavy atom. The van der Waals surface area contributed by atoms with E-state index in [9.17, 15) is 9.90 Å². The van der Waals surface area contributed by atoms with Crippen LogP contribution in [-0.4, -0.2) is 43.0 Å². The average Bonchev–Trinajstić information content (AvgIpc) is 2.41. The van der Waals surface area contributed by atoms with Crippen LogP contribution < -0.4 is 10.6 Å². The van der Waals surface area contributed by atoms with Crippen molar-refractivity contribution in [3.8, 4) is 0 Å². The molecule has 1 saturated heterocycles. The summed E-state index contributed by atoms with van der Waals surface area (Å²) >= 11 is 0. The van der Waals surface area contributed by atoms with Crippen LogP contribution in [-0.2, 0) is 4.74 Å². The predicted octanol–water partition coefficient (Wildman–Crippen LogP) is 2.92. The molecule has 1 heterocycles. The minimum atomic E-state index is -0.359. The lowest BCUT2D eigenvalue weighted by atomic mass is 9.78. The van der Waals surface area contributed by atoms with Gasteiger partial charge < -0.3 is 20.5 Å². The number of carbonyl (C=O) groups is 1. The smallest absolute Gasteiger partial charge is 0.314 e. The molecule has 0 aliphatic carbocycles. The van der Waals surface area contributed by atoms with E-state index in [1.807, 2.05) is 13.8 Å². The zero-order valence-electron chi connectivity index (χ0n) is 15.7. The Hall–Kier alpha value is -0.810. The second-order valence-electron chi connectivity index (χ2n) is 8.84. The van der Waals surface area contributed by atoms with Crippen LogP contribution in [0, 0.1) is 16.7 Å². The van der Waals surface area contributed by atoms with E-state index in [4.69, 9.17) is 4.74 Å². The van der Waals surface area contributed by atoms with Gasteiger partial charge in [0.1, 0.15) is 0 Å². The number of aliphatic hydroxyl groups is 1. The Balaban J connectivity index is 2.40. The van der Waals surface area contributed by atoms with Gasteiger partial charge in [-0.25, -0.2) is 4.79 Å². The summed E-state index contributed by atoms with van der Waals surface area (Å²) in [5, 5.41) is 15.4. The summed E-state index contributed by atoms with van der Waals surface area (Å²) in [6.45, 7) is 14.4.